The molecule has 2 aliphatic carbocycles. The third-order valence-corrected chi connectivity index (χ3v) is 6.90. The van der Waals surface area contributed by atoms with Crippen molar-refractivity contribution in [3.63, 3.8) is 0 Å². The van der Waals surface area contributed by atoms with Crippen LogP contribution in [0.3, 0.4) is 0 Å². The van der Waals surface area contributed by atoms with Gasteiger partial charge in [-0.05, 0) is 56.2 Å². The van der Waals surface area contributed by atoms with Gasteiger partial charge in [-0.15, -0.1) is 0 Å². The number of allylic oxidation sites excluding steroid dienone is 7. The van der Waals surface area contributed by atoms with Gasteiger partial charge in [0.1, 0.15) is 5.76 Å². The highest BCUT2D eigenvalue weighted by Gasteiger charge is 2.33. The van der Waals surface area contributed by atoms with Crippen LogP contribution in [0.1, 0.15) is 62.2 Å². The highest BCUT2D eigenvalue weighted by atomic mass is 16.3. The molecule has 2 N–H and O–H groups in total. The number of hydrogen-bond donors (Lipinski definition) is 1. The number of fused-ring (bicyclic) bond motifs is 3. The molecule has 3 aromatic rings. The minimum Gasteiger partial charge on any atom is -0.454 e. The fourth-order valence-electron chi connectivity index (χ4n) is 5.16. The van der Waals surface area contributed by atoms with E-state index in [-0.39, 0.29) is 0 Å². The van der Waals surface area contributed by atoms with Gasteiger partial charge in [0.2, 0.25) is 0 Å². The number of hydrazine groups is 1. The van der Waals surface area contributed by atoms with Gasteiger partial charge in [-0.1, -0.05) is 85.8 Å². The van der Waals surface area contributed by atoms with Gasteiger partial charge in [-0.3, -0.25) is 5.01 Å². The predicted molar refractivity (Wildman–Crippen MR) is 143 cm³/mol. The summed E-state index contributed by atoms with van der Waals surface area (Å²) >= 11 is 0. The summed E-state index contributed by atoms with van der Waals surface area (Å²) in [6, 6.07) is 18.7. The van der Waals surface area contributed by atoms with E-state index in [9.17, 15) is 0 Å². The molecule has 0 bridgehead atoms. The van der Waals surface area contributed by atoms with Crippen molar-refractivity contribution < 1.29 is 4.42 Å². The molecule has 1 unspecified atom stereocenters. The first-order valence-corrected chi connectivity index (χ1v) is 12.2. The molecule has 172 valence electrons. The molecule has 5 rings (SSSR count). The normalized spacial score (nSPS) is 17.8. The molecule has 0 amide bonds. The Morgan fingerprint density at radius 3 is 2.59 bits per heavy atom. The van der Waals surface area contributed by atoms with E-state index in [1.807, 2.05) is 24.1 Å². The highest BCUT2D eigenvalue weighted by Crippen LogP contribution is 2.46. The van der Waals surface area contributed by atoms with Crippen LogP contribution in [0, 0.1) is 0 Å². The minimum atomic E-state index is 0.406. The van der Waals surface area contributed by atoms with Gasteiger partial charge in [0.25, 0.3) is 0 Å². The third kappa shape index (κ3) is 3.86. The van der Waals surface area contributed by atoms with Gasteiger partial charge >= 0.3 is 0 Å². The van der Waals surface area contributed by atoms with E-state index in [0.717, 1.165) is 53.3 Å². The SMILES string of the molecule is C/C=C\C=C(/C)C1=CCCc2c1oc1c2C(C)CC=C1N(N)c1ccccc1-c1ccccc1. The monoisotopic (exact) mass is 448 g/mol. The molecular formula is C31H32N2O. The third-order valence-electron chi connectivity index (χ3n) is 6.90. The van der Waals surface area contributed by atoms with Crippen LogP contribution in [0.25, 0.3) is 22.4 Å². The zero-order valence-electron chi connectivity index (χ0n) is 20.2. The summed E-state index contributed by atoms with van der Waals surface area (Å²) in [5.74, 6) is 9.19. The van der Waals surface area contributed by atoms with Crippen LogP contribution in [-0.2, 0) is 6.42 Å². The van der Waals surface area contributed by atoms with Crippen LogP contribution in [0.5, 0.6) is 0 Å². The first kappa shape index (κ1) is 22.2. The van der Waals surface area contributed by atoms with Crippen LogP contribution in [0.4, 0.5) is 5.69 Å². The fraction of sp³-hybridized carbons (Fsp3) is 0.226. The Morgan fingerprint density at radius 1 is 1.03 bits per heavy atom. The van der Waals surface area contributed by atoms with Crippen LogP contribution in [0.2, 0.25) is 0 Å². The van der Waals surface area contributed by atoms with Gasteiger partial charge in [-0.2, -0.15) is 0 Å². The second-order valence-corrected chi connectivity index (χ2v) is 9.16. The van der Waals surface area contributed by atoms with Crippen LogP contribution < -0.4 is 10.9 Å². The molecule has 3 heteroatoms. The molecule has 0 saturated carbocycles. The average molecular weight is 449 g/mol. The Kier molecular flexibility index (Phi) is 6.12. The van der Waals surface area contributed by atoms with E-state index in [0.29, 0.717) is 5.92 Å². The number of nitrogens with two attached hydrogens (primary N) is 1. The smallest absolute Gasteiger partial charge is 0.156 e. The summed E-state index contributed by atoms with van der Waals surface area (Å²) in [4.78, 5) is 0. The summed E-state index contributed by atoms with van der Waals surface area (Å²) in [6.07, 6.45) is 13.8. The Balaban J connectivity index is 1.60. The molecule has 34 heavy (non-hydrogen) atoms. The lowest BCUT2D eigenvalue weighted by Gasteiger charge is -2.28. The number of nitrogens with zero attached hydrogens (tertiary/aromatic N) is 1. The Labute approximate surface area is 202 Å². The summed E-state index contributed by atoms with van der Waals surface area (Å²) < 4.78 is 6.69. The number of rotatable bonds is 5. The highest BCUT2D eigenvalue weighted by molar-refractivity contribution is 5.89. The molecule has 2 aliphatic rings. The van der Waals surface area contributed by atoms with Crippen LogP contribution in [0.15, 0.2) is 95.0 Å². The summed E-state index contributed by atoms with van der Waals surface area (Å²) in [5, 5.41) is 1.81. The van der Waals surface area contributed by atoms with E-state index >= 15 is 0 Å². The second kappa shape index (κ2) is 9.36. The van der Waals surface area contributed by atoms with Gasteiger partial charge in [-0.25, -0.2) is 5.84 Å². The number of benzene rings is 2. The molecule has 2 aromatic carbocycles. The van der Waals surface area contributed by atoms with Crippen molar-refractivity contribution in [3.05, 3.63) is 113 Å². The average Bonchev–Trinajstić information content (AvgIpc) is 3.28. The van der Waals surface area contributed by atoms with E-state index < -0.39 is 0 Å². The van der Waals surface area contributed by atoms with E-state index in [1.165, 1.54) is 22.3 Å². The summed E-state index contributed by atoms with van der Waals surface area (Å²) in [5.41, 5.74) is 9.26. The number of hydrogen-bond acceptors (Lipinski definition) is 3. The van der Waals surface area contributed by atoms with Gasteiger partial charge in [0.05, 0.1) is 11.4 Å². The van der Waals surface area contributed by atoms with Gasteiger partial charge in [0.15, 0.2) is 5.76 Å². The predicted octanol–water partition coefficient (Wildman–Crippen LogP) is 8.03. The van der Waals surface area contributed by atoms with Crippen molar-refractivity contribution >= 4 is 17.0 Å². The van der Waals surface area contributed by atoms with Crippen molar-refractivity contribution in [2.45, 2.75) is 46.0 Å². The minimum absolute atomic E-state index is 0.406. The van der Waals surface area contributed by atoms with Crippen molar-refractivity contribution in [2.24, 2.45) is 5.84 Å². The zero-order valence-corrected chi connectivity index (χ0v) is 20.2. The molecule has 0 fully saturated rings. The lowest BCUT2D eigenvalue weighted by atomic mass is 9.83. The molecule has 0 saturated heterocycles. The molecule has 1 atom stereocenters. The van der Waals surface area contributed by atoms with Crippen LogP contribution >= 0.6 is 0 Å². The maximum atomic E-state index is 6.86. The maximum absolute atomic E-state index is 6.86. The lowest BCUT2D eigenvalue weighted by molar-refractivity contribution is 0.523. The van der Waals surface area contributed by atoms with Crippen LogP contribution in [-0.4, -0.2) is 0 Å². The van der Waals surface area contributed by atoms with Crippen molar-refractivity contribution in [3.8, 4) is 11.1 Å². The van der Waals surface area contributed by atoms with E-state index in [2.05, 4.69) is 86.7 Å². The fourth-order valence-corrected chi connectivity index (χ4v) is 5.16. The first-order chi connectivity index (χ1) is 16.6. The maximum Gasteiger partial charge on any atom is 0.156 e. The van der Waals surface area contributed by atoms with E-state index in [1.54, 1.807) is 0 Å². The largest absolute Gasteiger partial charge is 0.454 e. The summed E-state index contributed by atoms with van der Waals surface area (Å²) in [7, 11) is 0. The number of furan rings is 1. The number of anilines is 1. The van der Waals surface area contributed by atoms with Crippen molar-refractivity contribution in [1.29, 1.82) is 0 Å². The standard InChI is InChI=1S/C31H32N2O/c1-4-5-12-21(2)24-16-11-17-26-29-22(3)19-20-28(31(29)34-30(24)26)33(32)27-18-10-9-15-25(27)23-13-7-6-8-14-23/h4-10,12-16,18,20,22H,11,17,19,32H2,1-3H3/b5-4-,21-12+. The topological polar surface area (TPSA) is 42.4 Å². The molecule has 0 spiro atoms. The second-order valence-electron chi connectivity index (χ2n) is 9.16. The molecule has 0 aliphatic heterocycles. The van der Waals surface area contributed by atoms with Crippen molar-refractivity contribution in [2.75, 3.05) is 5.01 Å². The summed E-state index contributed by atoms with van der Waals surface area (Å²) in [6.45, 7) is 6.49. The Morgan fingerprint density at radius 2 is 1.79 bits per heavy atom. The lowest BCUT2D eigenvalue weighted by Crippen LogP contribution is -2.31. The molecule has 1 aromatic heterocycles. The quantitative estimate of drug-likeness (QED) is 0.244. The van der Waals surface area contributed by atoms with E-state index in [4.69, 9.17) is 10.3 Å². The Hall–Kier alpha value is -3.56. The Bertz CT molecular complexity index is 1320. The number of para-hydroxylation sites is 1. The molecule has 1 heterocycles. The van der Waals surface area contributed by atoms with Gasteiger partial charge in [0, 0.05) is 22.3 Å². The molecular weight excluding hydrogens is 416 g/mol. The van der Waals surface area contributed by atoms with Gasteiger partial charge < -0.3 is 4.42 Å². The zero-order chi connectivity index (χ0) is 23.7. The van der Waals surface area contributed by atoms with Crippen molar-refractivity contribution in [1.82, 2.24) is 0 Å². The first-order valence-electron chi connectivity index (χ1n) is 12.2. The molecule has 3 nitrogen and oxygen atoms in total. The molecule has 0 radical (unpaired) electrons.